The number of rotatable bonds is 6. The Bertz CT molecular complexity index is 325. The van der Waals surface area contributed by atoms with E-state index in [0.29, 0.717) is 32.1 Å². The van der Waals surface area contributed by atoms with Crippen LogP contribution < -0.4 is 10.6 Å². The van der Waals surface area contributed by atoms with E-state index in [2.05, 4.69) is 10.6 Å². The summed E-state index contributed by atoms with van der Waals surface area (Å²) in [7, 11) is -1.29. The Morgan fingerprint density at radius 2 is 2.00 bits per heavy atom. The van der Waals surface area contributed by atoms with E-state index in [1.54, 1.807) is 0 Å². The van der Waals surface area contributed by atoms with Crippen molar-refractivity contribution in [2.75, 3.05) is 13.1 Å². The van der Waals surface area contributed by atoms with E-state index in [1.807, 2.05) is 0 Å². The lowest BCUT2D eigenvalue weighted by molar-refractivity contribution is -0.146. The SMILES string of the molecule is Cl.Cl.O=C(O)[C@]1(CCCCB(O)O)NC[C@@H]2NCC[C@@H]21. The van der Waals surface area contributed by atoms with Gasteiger partial charge in [-0.25, -0.2) is 0 Å². The quantitative estimate of drug-likeness (QED) is 0.344. The molecule has 20 heavy (non-hydrogen) atoms. The average molecular weight is 329 g/mol. The van der Waals surface area contributed by atoms with Crippen molar-refractivity contribution in [1.82, 2.24) is 10.6 Å². The van der Waals surface area contributed by atoms with Crippen LogP contribution in [-0.4, -0.2) is 52.9 Å². The normalized spacial score (nSPS) is 31.1. The van der Waals surface area contributed by atoms with E-state index in [-0.39, 0.29) is 36.8 Å². The Balaban J connectivity index is 0.00000180. The van der Waals surface area contributed by atoms with Crippen molar-refractivity contribution in [1.29, 1.82) is 0 Å². The van der Waals surface area contributed by atoms with Crippen molar-refractivity contribution in [2.45, 2.75) is 43.6 Å². The molecule has 0 aromatic carbocycles. The summed E-state index contributed by atoms with van der Waals surface area (Å²) in [5.41, 5.74) is -0.825. The molecule has 2 saturated heterocycles. The number of carboxylic acid groups (broad SMARTS) is 1. The van der Waals surface area contributed by atoms with E-state index < -0.39 is 18.6 Å². The first kappa shape index (κ1) is 20.0. The molecule has 3 atom stereocenters. The Morgan fingerprint density at radius 1 is 1.30 bits per heavy atom. The summed E-state index contributed by atoms with van der Waals surface area (Å²) < 4.78 is 0. The maximum absolute atomic E-state index is 11.6. The molecule has 2 fully saturated rings. The Kier molecular flexibility index (Phi) is 8.39. The number of hydrogen-bond acceptors (Lipinski definition) is 5. The van der Waals surface area contributed by atoms with Gasteiger partial charge in [-0.3, -0.25) is 4.79 Å². The molecule has 0 unspecified atom stereocenters. The standard InChI is InChI=1S/C11H21BN2O4.2ClH/c15-10(16)11(4-1-2-5-12(17)18)8-3-6-13-9(8)7-14-11;;/h8-9,13-14,17-18H,1-7H2,(H,15,16);2*1H/t8-,9-,11+;;/m0../s1. The number of aliphatic carboxylic acids is 1. The number of halogens is 2. The van der Waals surface area contributed by atoms with E-state index in [0.717, 1.165) is 13.0 Å². The highest BCUT2D eigenvalue weighted by atomic mass is 35.5. The molecular weight excluding hydrogens is 306 g/mol. The lowest BCUT2D eigenvalue weighted by Gasteiger charge is -2.30. The number of fused-ring (bicyclic) bond motifs is 1. The predicted octanol–water partition coefficient (Wildman–Crippen LogP) is -0.122. The van der Waals surface area contributed by atoms with Crippen molar-refractivity contribution < 1.29 is 19.9 Å². The Hall–Kier alpha value is -0.0451. The predicted molar refractivity (Wildman–Crippen MR) is 81.6 cm³/mol. The van der Waals surface area contributed by atoms with Crippen LogP contribution in [0.15, 0.2) is 0 Å². The second-order valence-electron chi connectivity index (χ2n) is 5.34. The average Bonchev–Trinajstić information content (AvgIpc) is 2.86. The summed E-state index contributed by atoms with van der Waals surface area (Å²) in [6.07, 6.45) is 3.09. The van der Waals surface area contributed by atoms with Gasteiger partial charge in [0, 0.05) is 18.5 Å². The maximum Gasteiger partial charge on any atom is 0.451 e. The van der Waals surface area contributed by atoms with Gasteiger partial charge in [-0.05, 0) is 25.7 Å². The van der Waals surface area contributed by atoms with Crippen LogP contribution in [0.1, 0.15) is 25.7 Å². The highest BCUT2D eigenvalue weighted by Gasteiger charge is 2.54. The van der Waals surface area contributed by atoms with Crippen LogP contribution in [0.5, 0.6) is 0 Å². The second kappa shape index (κ2) is 8.41. The highest BCUT2D eigenvalue weighted by Crippen LogP contribution is 2.37. The number of unbranched alkanes of at least 4 members (excludes halogenated alkanes) is 1. The summed E-state index contributed by atoms with van der Waals surface area (Å²) in [4.78, 5) is 11.6. The lowest BCUT2D eigenvalue weighted by Crippen LogP contribution is -2.52. The van der Waals surface area contributed by atoms with Gasteiger partial charge in [0.05, 0.1) is 0 Å². The molecule has 0 bridgehead atoms. The van der Waals surface area contributed by atoms with E-state index in [9.17, 15) is 9.90 Å². The minimum Gasteiger partial charge on any atom is -0.480 e. The summed E-state index contributed by atoms with van der Waals surface area (Å²) in [5, 5.41) is 33.6. The molecule has 2 rings (SSSR count). The van der Waals surface area contributed by atoms with Gasteiger partial charge < -0.3 is 25.8 Å². The third-order valence-electron chi connectivity index (χ3n) is 4.28. The summed E-state index contributed by atoms with van der Waals surface area (Å²) >= 11 is 0. The fraction of sp³-hybridized carbons (Fsp3) is 0.909. The molecule has 9 heteroatoms. The first-order valence-corrected chi connectivity index (χ1v) is 6.64. The minimum absolute atomic E-state index is 0. The molecule has 6 nitrogen and oxygen atoms in total. The van der Waals surface area contributed by atoms with Crippen LogP contribution in [0.25, 0.3) is 0 Å². The molecule has 0 amide bonds. The van der Waals surface area contributed by atoms with Crippen LogP contribution in [0.3, 0.4) is 0 Å². The van der Waals surface area contributed by atoms with Gasteiger partial charge in [-0.15, -0.1) is 24.8 Å². The van der Waals surface area contributed by atoms with Gasteiger partial charge in [-0.2, -0.15) is 0 Å². The van der Waals surface area contributed by atoms with Crippen molar-refractivity contribution in [3.8, 4) is 0 Å². The number of carboxylic acids is 1. The zero-order valence-electron chi connectivity index (χ0n) is 11.2. The van der Waals surface area contributed by atoms with E-state index in [1.165, 1.54) is 0 Å². The summed E-state index contributed by atoms with van der Waals surface area (Å²) in [6, 6.07) is 0.268. The Labute approximate surface area is 131 Å². The molecular formula is C11H23BCl2N2O4. The van der Waals surface area contributed by atoms with E-state index >= 15 is 0 Å². The number of nitrogens with one attached hydrogen (secondary N) is 2. The smallest absolute Gasteiger partial charge is 0.451 e. The van der Waals surface area contributed by atoms with Gasteiger partial charge >= 0.3 is 13.1 Å². The number of hydrogen-bond donors (Lipinski definition) is 5. The second-order valence-corrected chi connectivity index (χ2v) is 5.34. The topological polar surface area (TPSA) is 102 Å². The molecule has 0 aromatic rings. The van der Waals surface area contributed by atoms with Gasteiger partial charge in [-0.1, -0.05) is 12.8 Å². The molecule has 0 saturated carbocycles. The van der Waals surface area contributed by atoms with Gasteiger partial charge in [0.15, 0.2) is 0 Å². The van der Waals surface area contributed by atoms with Crippen molar-refractivity contribution in [3.05, 3.63) is 0 Å². The van der Waals surface area contributed by atoms with Crippen LogP contribution in [0.2, 0.25) is 6.32 Å². The third-order valence-corrected chi connectivity index (χ3v) is 4.28. The maximum atomic E-state index is 11.6. The van der Waals surface area contributed by atoms with Gasteiger partial charge in [0.25, 0.3) is 0 Å². The highest BCUT2D eigenvalue weighted by molar-refractivity contribution is 6.40. The first-order valence-electron chi connectivity index (χ1n) is 6.64. The minimum atomic E-state index is -1.29. The molecule has 0 aliphatic carbocycles. The molecule has 2 aliphatic heterocycles. The molecule has 2 aliphatic rings. The summed E-state index contributed by atoms with van der Waals surface area (Å²) in [5.74, 6) is -0.628. The van der Waals surface area contributed by atoms with Crippen LogP contribution in [0.4, 0.5) is 0 Å². The lowest BCUT2D eigenvalue weighted by atomic mass is 9.77. The zero-order chi connectivity index (χ0) is 13.2. The molecule has 0 aromatic heterocycles. The van der Waals surface area contributed by atoms with E-state index in [4.69, 9.17) is 10.0 Å². The van der Waals surface area contributed by atoms with Crippen LogP contribution >= 0.6 is 24.8 Å². The summed E-state index contributed by atoms with van der Waals surface area (Å²) in [6.45, 7) is 1.60. The Morgan fingerprint density at radius 3 is 2.60 bits per heavy atom. The zero-order valence-corrected chi connectivity index (χ0v) is 12.9. The molecule has 118 valence electrons. The fourth-order valence-corrected chi connectivity index (χ4v) is 3.34. The van der Waals surface area contributed by atoms with Crippen molar-refractivity contribution in [2.24, 2.45) is 5.92 Å². The third kappa shape index (κ3) is 3.99. The molecule has 0 radical (unpaired) electrons. The number of carbonyl (C=O) groups is 1. The largest absolute Gasteiger partial charge is 0.480 e. The molecule has 0 spiro atoms. The van der Waals surface area contributed by atoms with Crippen molar-refractivity contribution in [3.63, 3.8) is 0 Å². The molecule has 2 heterocycles. The van der Waals surface area contributed by atoms with Crippen LogP contribution in [0, 0.1) is 5.92 Å². The first-order chi connectivity index (χ1) is 8.56. The van der Waals surface area contributed by atoms with Gasteiger partial charge in [0.2, 0.25) is 0 Å². The molecule has 5 N–H and O–H groups in total. The van der Waals surface area contributed by atoms with Crippen LogP contribution in [-0.2, 0) is 4.79 Å². The monoisotopic (exact) mass is 328 g/mol. The fourth-order valence-electron chi connectivity index (χ4n) is 3.34. The van der Waals surface area contributed by atoms with Crippen molar-refractivity contribution >= 4 is 37.9 Å². The van der Waals surface area contributed by atoms with Gasteiger partial charge in [0.1, 0.15) is 5.54 Å².